The van der Waals surface area contributed by atoms with Gasteiger partial charge in [0.05, 0.1) is 6.54 Å². The minimum absolute atomic E-state index is 0.289. The first-order chi connectivity index (χ1) is 7.27. The standard InChI is InChI=1S/C11H10BrNO2/c12-10(9-4-2-1-3-5-9)8-13-6-7-15-11(13)14/h1-5,8H,6-7H2/b10-8-. The summed E-state index contributed by atoms with van der Waals surface area (Å²) in [6, 6.07) is 9.80. The van der Waals surface area contributed by atoms with Crippen molar-refractivity contribution >= 4 is 26.5 Å². The number of ether oxygens (including phenoxy) is 1. The SMILES string of the molecule is O=C1OCCN1/C=C(\Br)c1ccccc1. The van der Waals surface area contributed by atoms with Gasteiger partial charge in [0.2, 0.25) is 0 Å². The Hall–Kier alpha value is -1.29. The highest BCUT2D eigenvalue weighted by Crippen LogP contribution is 2.22. The van der Waals surface area contributed by atoms with E-state index >= 15 is 0 Å². The molecule has 1 fully saturated rings. The van der Waals surface area contributed by atoms with Gasteiger partial charge < -0.3 is 4.74 Å². The van der Waals surface area contributed by atoms with Gasteiger partial charge in [0.25, 0.3) is 0 Å². The van der Waals surface area contributed by atoms with E-state index in [4.69, 9.17) is 4.74 Å². The summed E-state index contributed by atoms with van der Waals surface area (Å²) in [6.45, 7) is 1.07. The minimum Gasteiger partial charge on any atom is -0.447 e. The number of benzene rings is 1. The number of hydrogen-bond donors (Lipinski definition) is 0. The van der Waals surface area contributed by atoms with Crippen LogP contribution >= 0.6 is 15.9 Å². The van der Waals surface area contributed by atoms with Gasteiger partial charge in [-0.1, -0.05) is 30.3 Å². The van der Waals surface area contributed by atoms with Crippen LogP contribution in [0.4, 0.5) is 4.79 Å². The lowest BCUT2D eigenvalue weighted by Gasteiger charge is -2.07. The van der Waals surface area contributed by atoms with Crippen LogP contribution in [0.2, 0.25) is 0 Å². The predicted octanol–water partition coefficient (Wildman–Crippen LogP) is 2.83. The van der Waals surface area contributed by atoms with Crippen molar-refractivity contribution in [3.63, 3.8) is 0 Å². The van der Waals surface area contributed by atoms with E-state index in [0.29, 0.717) is 13.2 Å². The highest BCUT2D eigenvalue weighted by Gasteiger charge is 2.20. The van der Waals surface area contributed by atoms with Crippen LogP contribution < -0.4 is 0 Å². The van der Waals surface area contributed by atoms with Crippen LogP contribution in [-0.4, -0.2) is 24.1 Å². The summed E-state index contributed by atoms with van der Waals surface area (Å²) in [5.41, 5.74) is 1.04. The third-order valence-corrected chi connectivity index (χ3v) is 2.77. The lowest BCUT2D eigenvalue weighted by Crippen LogP contribution is -2.17. The van der Waals surface area contributed by atoms with Gasteiger partial charge in [0.15, 0.2) is 0 Å². The maximum absolute atomic E-state index is 11.2. The van der Waals surface area contributed by atoms with Gasteiger partial charge in [0, 0.05) is 10.7 Å². The van der Waals surface area contributed by atoms with E-state index in [9.17, 15) is 4.79 Å². The van der Waals surface area contributed by atoms with Crippen molar-refractivity contribution in [1.82, 2.24) is 4.90 Å². The van der Waals surface area contributed by atoms with E-state index in [1.807, 2.05) is 30.3 Å². The third kappa shape index (κ3) is 2.39. The van der Waals surface area contributed by atoms with E-state index in [2.05, 4.69) is 15.9 Å². The molecule has 0 radical (unpaired) electrons. The molecule has 0 bridgehead atoms. The Kier molecular flexibility index (Phi) is 3.06. The molecule has 1 heterocycles. The van der Waals surface area contributed by atoms with E-state index in [1.165, 1.54) is 0 Å². The molecular formula is C11H10BrNO2. The van der Waals surface area contributed by atoms with Crippen molar-refractivity contribution in [2.45, 2.75) is 0 Å². The van der Waals surface area contributed by atoms with E-state index < -0.39 is 0 Å². The summed E-state index contributed by atoms with van der Waals surface area (Å²) in [6.07, 6.45) is 1.47. The molecule has 1 amide bonds. The summed E-state index contributed by atoms with van der Waals surface area (Å²) in [7, 11) is 0. The van der Waals surface area contributed by atoms with Crippen molar-refractivity contribution in [2.75, 3.05) is 13.2 Å². The Morgan fingerprint density at radius 3 is 2.73 bits per heavy atom. The Morgan fingerprint density at radius 1 is 1.40 bits per heavy atom. The summed E-state index contributed by atoms with van der Waals surface area (Å²) in [5.74, 6) is 0. The van der Waals surface area contributed by atoms with Crippen molar-refractivity contribution in [3.8, 4) is 0 Å². The second kappa shape index (κ2) is 4.49. The molecule has 0 aromatic heterocycles. The molecule has 78 valence electrons. The van der Waals surface area contributed by atoms with Crippen LogP contribution in [0.15, 0.2) is 36.5 Å². The fraction of sp³-hybridized carbons (Fsp3) is 0.182. The molecule has 1 aromatic rings. The number of rotatable bonds is 2. The molecule has 3 nitrogen and oxygen atoms in total. The van der Waals surface area contributed by atoms with Gasteiger partial charge in [-0.05, 0) is 21.5 Å². The van der Waals surface area contributed by atoms with Gasteiger partial charge in [-0.25, -0.2) is 4.79 Å². The van der Waals surface area contributed by atoms with Crippen molar-refractivity contribution in [3.05, 3.63) is 42.1 Å². The number of halogens is 1. The maximum atomic E-state index is 11.2. The quantitative estimate of drug-likeness (QED) is 0.825. The number of nitrogens with zero attached hydrogens (tertiary/aromatic N) is 1. The smallest absolute Gasteiger partial charge is 0.414 e. The minimum atomic E-state index is -0.289. The summed E-state index contributed by atoms with van der Waals surface area (Å²) < 4.78 is 5.70. The molecule has 1 aliphatic rings. The molecule has 0 N–H and O–H groups in total. The maximum Gasteiger partial charge on any atom is 0.414 e. The van der Waals surface area contributed by atoms with Gasteiger partial charge in [0.1, 0.15) is 6.61 Å². The number of amides is 1. The first-order valence-electron chi connectivity index (χ1n) is 4.63. The third-order valence-electron chi connectivity index (χ3n) is 2.11. The highest BCUT2D eigenvalue weighted by atomic mass is 79.9. The fourth-order valence-electron chi connectivity index (χ4n) is 1.33. The topological polar surface area (TPSA) is 29.5 Å². The lowest BCUT2D eigenvalue weighted by atomic mass is 10.2. The average Bonchev–Trinajstić information content (AvgIpc) is 2.66. The van der Waals surface area contributed by atoms with Crippen LogP contribution in [0.3, 0.4) is 0 Å². The fourth-order valence-corrected chi connectivity index (χ4v) is 1.84. The predicted molar refractivity (Wildman–Crippen MR) is 61.4 cm³/mol. The van der Waals surface area contributed by atoms with Gasteiger partial charge in [-0.3, -0.25) is 4.90 Å². The monoisotopic (exact) mass is 267 g/mol. The largest absolute Gasteiger partial charge is 0.447 e. The van der Waals surface area contributed by atoms with Crippen LogP contribution in [0.25, 0.3) is 4.48 Å². The molecular weight excluding hydrogens is 258 g/mol. The zero-order valence-corrected chi connectivity index (χ0v) is 9.61. The number of carbonyl (C=O) groups excluding carboxylic acids is 1. The molecule has 4 heteroatoms. The second-order valence-corrected chi connectivity index (χ2v) is 4.01. The Morgan fingerprint density at radius 2 is 2.13 bits per heavy atom. The normalized spacial score (nSPS) is 16.7. The van der Waals surface area contributed by atoms with Gasteiger partial charge in [-0.15, -0.1) is 0 Å². The molecule has 0 spiro atoms. The summed E-state index contributed by atoms with van der Waals surface area (Å²) in [4.78, 5) is 12.7. The second-order valence-electron chi connectivity index (χ2n) is 3.15. The van der Waals surface area contributed by atoms with Crippen molar-refractivity contribution in [2.24, 2.45) is 0 Å². The molecule has 0 aliphatic carbocycles. The Bertz CT molecular complexity index is 389. The number of hydrogen-bond acceptors (Lipinski definition) is 2. The van der Waals surface area contributed by atoms with E-state index in [-0.39, 0.29) is 6.09 Å². The van der Waals surface area contributed by atoms with Crippen LogP contribution in [-0.2, 0) is 4.74 Å². The number of cyclic esters (lactones) is 1. The van der Waals surface area contributed by atoms with Crippen molar-refractivity contribution < 1.29 is 9.53 Å². The zero-order chi connectivity index (χ0) is 10.7. The molecule has 0 unspecified atom stereocenters. The van der Waals surface area contributed by atoms with Crippen molar-refractivity contribution in [1.29, 1.82) is 0 Å². The van der Waals surface area contributed by atoms with E-state index in [0.717, 1.165) is 10.0 Å². The summed E-state index contributed by atoms with van der Waals surface area (Å²) >= 11 is 3.44. The molecule has 2 rings (SSSR count). The Balaban J connectivity index is 2.17. The molecule has 15 heavy (non-hydrogen) atoms. The Labute approximate surface area is 96.5 Å². The van der Waals surface area contributed by atoms with Crippen LogP contribution in [0.5, 0.6) is 0 Å². The molecule has 0 atom stereocenters. The van der Waals surface area contributed by atoms with Gasteiger partial charge in [-0.2, -0.15) is 0 Å². The van der Waals surface area contributed by atoms with E-state index in [1.54, 1.807) is 11.1 Å². The first-order valence-corrected chi connectivity index (χ1v) is 5.43. The van der Waals surface area contributed by atoms with Crippen LogP contribution in [0.1, 0.15) is 5.56 Å². The average molecular weight is 268 g/mol. The summed E-state index contributed by atoms with van der Waals surface area (Å²) in [5, 5.41) is 0. The molecule has 1 aromatic carbocycles. The van der Waals surface area contributed by atoms with Gasteiger partial charge >= 0.3 is 6.09 Å². The highest BCUT2D eigenvalue weighted by molar-refractivity contribution is 9.15. The molecule has 0 saturated carbocycles. The zero-order valence-electron chi connectivity index (χ0n) is 8.02. The molecule has 1 aliphatic heterocycles. The first kappa shape index (κ1) is 10.2. The lowest BCUT2D eigenvalue weighted by molar-refractivity contribution is 0.166. The van der Waals surface area contributed by atoms with Crippen LogP contribution in [0, 0.1) is 0 Å². The number of carbonyl (C=O) groups is 1. The molecule has 1 saturated heterocycles.